The monoisotopic (exact) mass is 270 g/mol. The Morgan fingerprint density at radius 1 is 1.45 bits per heavy atom. The number of hydrogen-bond donors (Lipinski definition) is 1. The molecule has 0 atom stereocenters. The Hall–Kier alpha value is -2.63. The molecule has 1 N–H and O–H groups in total. The van der Waals surface area contributed by atoms with E-state index in [9.17, 15) is 4.79 Å². The van der Waals surface area contributed by atoms with Gasteiger partial charge in [-0.15, -0.1) is 0 Å². The van der Waals surface area contributed by atoms with E-state index in [1.165, 1.54) is 0 Å². The molecule has 0 saturated carbocycles. The summed E-state index contributed by atoms with van der Waals surface area (Å²) in [6, 6.07) is 3.78. The Morgan fingerprint density at radius 2 is 2.30 bits per heavy atom. The number of fused-ring (bicyclic) bond motifs is 1. The second kappa shape index (κ2) is 4.80. The number of hydrogen-bond acceptors (Lipinski definition) is 4. The summed E-state index contributed by atoms with van der Waals surface area (Å²) in [7, 11) is 1.88. The van der Waals surface area contributed by atoms with E-state index in [2.05, 4.69) is 15.1 Å². The number of H-pyrrole nitrogens is 1. The van der Waals surface area contributed by atoms with E-state index in [0.29, 0.717) is 23.6 Å². The van der Waals surface area contributed by atoms with Crippen molar-refractivity contribution in [2.75, 3.05) is 0 Å². The number of nitrogens with one attached hydrogen (secondary N) is 1. The van der Waals surface area contributed by atoms with Gasteiger partial charge in [-0.3, -0.25) is 9.48 Å². The van der Waals surface area contributed by atoms with Gasteiger partial charge in [0.25, 0.3) is 0 Å². The number of aromatic nitrogens is 4. The van der Waals surface area contributed by atoms with Crippen LogP contribution in [-0.2, 0) is 13.7 Å². The average Bonchev–Trinajstić information content (AvgIpc) is 2.98. The molecule has 6 heteroatoms. The number of carbonyl (C=O) groups is 1. The Labute approximate surface area is 115 Å². The fraction of sp³-hybridized carbons (Fsp3) is 0.214. The van der Waals surface area contributed by atoms with Crippen LogP contribution in [0.4, 0.5) is 0 Å². The third-order valence-electron chi connectivity index (χ3n) is 3.15. The van der Waals surface area contributed by atoms with Gasteiger partial charge in [0.15, 0.2) is 6.29 Å². The van der Waals surface area contributed by atoms with Gasteiger partial charge in [-0.25, -0.2) is 4.98 Å². The number of nitrogens with zero attached hydrogens (tertiary/aromatic N) is 3. The highest BCUT2D eigenvalue weighted by Gasteiger charge is 2.07. The molecule has 3 aromatic rings. The molecule has 0 aliphatic heterocycles. The Bertz CT molecular complexity index is 773. The molecule has 20 heavy (non-hydrogen) atoms. The molecule has 3 aromatic heterocycles. The largest absolute Gasteiger partial charge is 0.486 e. The van der Waals surface area contributed by atoms with E-state index >= 15 is 0 Å². The van der Waals surface area contributed by atoms with Gasteiger partial charge >= 0.3 is 0 Å². The zero-order chi connectivity index (χ0) is 14.1. The second-order valence-corrected chi connectivity index (χ2v) is 4.62. The number of aromatic amines is 1. The third kappa shape index (κ3) is 2.16. The summed E-state index contributed by atoms with van der Waals surface area (Å²) in [6.45, 7) is 2.35. The molecule has 0 fully saturated rings. The summed E-state index contributed by atoms with van der Waals surface area (Å²) < 4.78 is 7.50. The molecule has 0 aromatic carbocycles. The lowest BCUT2D eigenvalue weighted by molar-refractivity contribution is 0.112. The first-order valence-electron chi connectivity index (χ1n) is 6.22. The van der Waals surface area contributed by atoms with Gasteiger partial charge in [0, 0.05) is 24.2 Å². The van der Waals surface area contributed by atoms with Gasteiger partial charge in [-0.2, -0.15) is 5.10 Å². The minimum Gasteiger partial charge on any atom is -0.486 e. The molecule has 3 rings (SSSR count). The van der Waals surface area contributed by atoms with E-state index in [1.54, 1.807) is 17.1 Å². The van der Waals surface area contributed by atoms with E-state index in [4.69, 9.17) is 4.74 Å². The first-order valence-corrected chi connectivity index (χ1v) is 6.22. The van der Waals surface area contributed by atoms with Crippen LogP contribution in [-0.4, -0.2) is 26.0 Å². The van der Waals surface area contributed by atoms with Crippen molar-refractivity contribution in [1.29, 1.82) is 0 Å². The summed E-state index contributed by atoms with van der Waals surface area (Å²) >= 11 is 0. The van der Waals surface area contributed by atoms with Crippen LogP contribution < -0.4 is 4.74 Å². The average molecular weight is 270 g/mol. The summed E-state index contributed by atoms with van der Waals surface area (Å²) in [5.41, 5.74) is 3.19. The summed E-state index contributed by atoms with van der Waals surface area (Å²) in [4.78, 5) is 18.1. The zero-order valence-corrected chi connectivity index (χ0v) is 11.3. The lowest BCUT2D eigenvalue weighted by Crippen LogP contribution is -2.03. The van der Waals surface area contributed by atoms with Crippen LogP contribution in [0.25, 0.3) is 11.0 Å². The standard InChI is InChI=1S/C14H14N4O2/c1-9-3-11(18(2)17-9)8-20-12-4-13-10(7-19)5-15-14(13)16-6-12/h3-7H,8H2,1-2H3,(H,15,16). The van der Waals surface area contributed by atoms with Crippen LogP contribution in [0.5, 0.6) is 5.75 Å². The van der Waals surface area contributed by atoms with Crippen molar-refractivity contribution in [3.63, 3.8) is 0 Å². The fourth-order valence-electron chi connectivity index (χ4n) is 2.14. The topological polar surface area (TPSA) is 72.8 Å². The zero-order valence-electron chi connectivity index (χ0n) is 11.3. The molecular formula is C14H14N4O2. The molecule has 102 valence electrons. The lowest BCUT2D eigenvalue weighted by Gasteiger charge is -2.06. The van der Waals surface area contributed by atoms with Crippen molar-refractivity contribution in [3.8, 4) is 5.75 Å². The number of pyridine rings is 1. The van der Waals surface area contributed by atoms with Gasteiger partial charge in [-0.05, 0) is 19.1 Å². The molecule has 0 radical (unpaired) electrons. The number of aldehydes is 1. The molecule has 0 unspecified atom stereocenters. The summed E-state index contributed by atoms with van der Waals surface area (Å²) in [5, 5.41) is 5.02. The van der Waals surface area contributed by atoms with Gasteiger partial charge in [0.05, 0.1) is 17.6 Å². The van der Waals surface area contributed by atoms with Crippen LogP contribution in [0.1, 0.15) is 21.7 Å². The van der Waals surface area contributed by atoms with Gasteiger partial charge in [0.1, 0.15) is 18.0 Å². The molecule has 0 amide bonds. The van der Waals surface area contributed by atoms with Crippen molar-refractivity contribution in [2.24, 2.45) is 7.05 Å². The van der Waals surface area contributed by atoms with Crippen LogP contribution >= 0.6 is 0 Å². The van der Waals surface area contributed by atoms with E-state index in [-0.39, 0.29) is 0 Å². The SMILES string of the molecule is Cc1cc(COc2cnc3[nH]cc(C=O)c3c2)n(C)n1. The molecule has 0 aliphatic rings. The van der Waals surface area contributed by atoms with Crippen molar-refractivity contribution in [3.05, 3.63) is 41.5 Å². The number of carbonyl (C=O) groups excluding carboxylic acids is 1. The molecular weight excluding hydrogens is 256 g/mol. The van der Waals surface area contributed by atoms with Crippen molar-refractivity contribution in [1.82, 2.24) is 19.7 Å². The predicted molar refractivity (Wildman–Crippen MR) is 73.8 cm³/mol. The minimum atomic E-state index is 0.408. The number of rotatable bonds is 4. The summed E-state index contributed by atoms with van der Waals surface area (Å²) in [6.07, 6.45) is 4.07. The molecule has 0 saturated heterocycles. The maximum atomic E-state index is 10.9. The van der Waals surface area contributed by atoms with Crippen molar-refractivity contribution < 1.29 is 9.53 Å². The third-order valence-corrected chi connectivity index (χ3v) is 3.15. The van der Waals surface area contributed by atoms with Crippen LogP contribution in [0, 0.1) is 6.92 Å². The van der Waals surface area contributed by atoms with Crippen molar-refractivity contribution >= 4 is 17.3 Å². The first kappa shape index (κ1) is 12.4. The Balaban J connectivity index is 1.84. The highest BCUT2D eigenvalue weighted by atomic mass is 16.5. The molecule has 0 spiro atoms. The van der Waals surface area contributed by atoms with Crippen LogP contribution in [0.3, 0.4) is 0 Å². The fourth-order valence-corrected chi connectivity index (χ4v) is 2.14. The van der Waals surface area contributed by atoms with Crippen molar-refractivity contribution in [2.45, 2.75) is 13.5 Å². The van der Waals surface area contributed by atoms with E-state index in [0.717, 1.165) is 23.1 Å². The van der Waals surface area contributed by atoms with Crippen LogP contribution in [0.2, 0.25) is 0 Å². The smallest absolute Gasteiger partial charge is 0.152 e. The highest BCUT2D eigenvalue weighted by Crippen LogP contribution is 2.21. The normalized spacial score (nSPS) is 10.9. The minimum absolute atomic E-state index is 0.408. The maximum Gasteiger partial charge on any atom is 0.152 e. The lowest BCUT2D eigenvalue weighted by atomic mass is 10.2. The Morgan fingerprint density at radius 3 is 3.00 bits per heavy atom. The maximum absolute atomic E-state index is 10.9. The van der Waals surface area contributed by atoms with E-state index in [1.807, 2.05) is 26.1 Å². The molecule has 0 aliphatic carbocycles. The van der Waals surface area contributed by atoms with Gasteiger partial charge in [0.2, 0.25) is 0 Å². The first-order chi connectivity index (χ1) is 9.67. The predicted octanol–water partition coefficient (Wildman–Crippen LogP) is 2.00. The molecule has 0 bridgehead atoms. The highest BCUT2D eigenvalue weighted by molar-refractivity contribution is 5.96. The molecule has 6 nitrogen and oxygen atoms in total. The van der Waals surface area contributed by atoms with Gasteiger partial charge in [-0.1, -0.05) is 0 Å². The number of ether oxygens (including phenoxy) is 1. The second-order valence-electron chi connectivity index (χ2n) is 4.62. The number of aryl methyl sites for hydroxylation is 2. The quantitative estimate of drug-likeness (QED) is 0.736. The Kier molecular flexibility index (Phi) is 2.98. The molecule has 3 heterocycles. The van der Waals surface area contributed by atoms with Crippen LogP contribution in [0.15, 0.2) is 24.5 Å². The van der Waals surface area contributed by atoms with E-state index < -0.39 is 0 Å². The summed E-state index contributed by atoms with van der Waals surface area (Å²) in [5.74, 6) is 0.624. The van der Waals surface area contributed by atoms with Gasteiger partial charge < -0.3 is 9.72 Å².